The number of carbonyl (C=O) groups is 2. The molecule has 0 fully saturated rings. The van der Waals surface area contributed by atoms with E-state index in [4.69, 9.17) is 9.84 Å². The van der Waals surface area contributed by atoms with Gasteiger partial charge in [-0.2, -0.15) is 0 Å². The van der Waals surface area contributed by atoms with Crippen molar-refractivity contribution in [3.63, 3.8) is 0 Å². The highest BCUT2D eigenvalue weighted by atomic mass is 16.6. The van der Waals surface area contributed by atoms with Gasteiger partial charge in [-0.05, 0) is 27.2 Å². The number of amides is 1. The van der Waals surface area contributed by atoms with E-state index in [0.29, 0.717) is 6.42 Å². The summed E-state index contributed by atoms with van der Waals surface area (Å²) in [7, 11) is 0. The van der Waals surface area contributed by atoms with Crippen LogP contribution in [0.2, 0.25) is 0 Å². The third kappa shape index (κ3) is 6.27. The van der Waals surface area contributed by atoms with Gasteiger partial charge in [-0.25, -0.2) is 4.79 Å². The molecule has 0 spiro atoms. The molecule has 1 amide bonds. The molecule has 5 heteroatoms. The molecule has 0 heterocycles. The van der Waals surface area contributed by atoms with Gasteiger partial charge in [0.15, 0.2) is 0 Å². The fourth-order valence-electron chi connectivity index (χ4n) is 1.45. The summed E-state index contributed by atoms with van der Waals surface area (Å²) in [6.45, 7) is 9.32. The second kappa shape index (κ2) is 7.03. The summed E-state index contributed by atoms with van der Waals surface area (Å²) in [4.78, 5) is 22.0. The highest BCUT2D eigenvalue weighted by Gasteiger charge is 2.26. The lowest BCUT2D eigenvalue weighted by atomic mass is 10.1. The van der Waals surface area contributed by atoms with Crippen molar-refractivity contribution in [2.75, 3.05) is 0 Å². The molecule has 18 heavy (non-hydrogen) atoms. The fourth-order valence-corrected chi connectivity index (χ4v) is 1.45. The lowest BCUT2D eigenvalue weighted by molar-refractivity contribution is -0.140. The molecule has 0 aromatic carbocycles. The van der Waals surface area contributed by atoms with Crippen molar-refractivity contribution in [1.29, 1.82) is 0 Å². The minimum absolute atomic E-state index is 0.254. The number of carbonyl (C=O) groups excluding carboxylic acids is 1. The molecule has 1 aliphatic rings. The minimum Gasteiger partial charge on any atom is -0.481 e. The Bertz CT molecular complexity index is 317. The first-order valence-corrected chi connectivity index (χ1v) is 6.18. The SMILES string of the molecule is CC.CC(C)(C)OC(=O)NC1C=C[C@H](C(=O)O)C1. The summed E-state index contributed by atoms with van der Waals surface area (Å²) < 4.78 is 5.06. The van der Waals surface area contributed by atoms with Crippen LogP contribution in [0, 0.1) is 5.92 Å². The Hall–Kier alpha value is -1.52. The molecular weight excluding hydrogens is 234 g/mol. The van der Waals surface area contributed by atoms with E-state index in [0.717, 1.165) is 0 Å². The fraction of sp³-hybridized carbons (Fsp3) is 0.692. The Kier molecular flexibility index (Phi) is 6.44. The standard InChI is InChI=1S/C11H17NO4.C2H6/c1-11(2,3)16-10(15)12-8-5-4-7(6-8)9(13)14;1-2/h4-5,7-8H,6H2,1-3H3,(H,12,15)(H,13,14);1-2H3/t7-,8?;/m0./s1. The molecule has 5 nitrogen and oxygen atoms in total. The van der Waals surface area contributed by atoms with Crippen molar-refractivity contribution in [3.8, 4) is 0 Å². The first-order valence-electron chi connectivity index (χ1n) is 6.18. The van der Waals surface area contributed by atoms with E-state index in [1.165, 1.54) is 0 Å². The largest absolute Gasteiger partial charge is 0.481 e. The Labute approximate surface area is 108 Å². The smallest absolute Gasteiger partial charge is 0.408 e. The van der Waals surface area contributed by atoms with Gasteiger partial charge in [-0.3, -0.25) is 4.79 Å². The van der Waals surface area contributed by atoms with Gasteiger partial charge in [-0.15, -0.1) is 0 Å². The molecule has 0 aromatic rings. The van der Waals surface area contributed by atoms with Crippen LogP contribution in [0.15, 0.2) is 12.2 Å². The zero-order valence-electron chi connectivity index (χ0n) is 11.7. The average molecular weight is 257 g/mol. The second-order valence-electron chi connectivity index (χ2n) is 4.82. The van der Waals surface area contributed by atoms with E-state index in [1.807, 2.05) is 13.8 Å². The van der Waals surface area contributed by atoms with Crippen LogP contribution in [0.4, 0.5) is 4.79 Å². The number of carboxylic acids is 1. The summed E-state index contributed by atoms with van der Waals surface area (Å²) in [5, 5.41) is 11.4. The van der Waals surface area contributed by atoms with Gasteiger partial charge in [0.25, 0.3) is 0 Å². The number of aliphatic carboxylic acids is 1. The molecule has 0 radical (unpaired) electrons. The number of nitrogens with one attached hydrogen (secondary N) is 1. The molecule has 0 saturated carbocycles. The normalized spacial score (nSPS) is 21.8. The third-order valence-electron chi connectivity index (χ3n) is 2.10. The predicted octanol–water partition coefficient (Wildman–Crippen LogP) is 2.57. The zero-order valence-corrected chi connectivity index (χ0v) is 11.7. The quantitative estimate of drug-likeness (QED) is 0.745. The van der Waals surface area contributed by atoms with Crippen LogP contribution < -0.4 is 5.32 Å². The van der Waals surface area contributed by atoms with Crippen molar-refractivity contribution in [2.45, 2.75) is 52.7 Å². The number of hydrogen-bond donors (Lipinski definition) is 2. The van der Waals surface area contributed by atoms with Gasteiger partial charge in [0.05, 0.1) is 12.0 Å². The first kappa shape index (κ1) is 16.5. The van der Waals surface area contributed by atoms with Gasteiger partial charge < -0.3 is 15.2 Å². The van der Waals surface area contributed by atoms with Gasteiger partial charge >= 0.3 is 12.1 Å². The molecule has 1 rings (SSSR count). The number of hydrogen-bond acceptors (Lipinski definition) is 3. The van der Waals surface area contributed by atoms with Crippen molar-refractivity contribution >= 4 is 12.1 Å². The summed E-state index contributed by atoms with van der Waals surface area (Å²) >= 11 is 0. The summed E-state index contributed by atoms with van der Waals surface area (Å²) in [6.07, 6.45) is 3.13. The molecule has 0 aromatic heterocycles. The number of carboxylic acid groups (broad SMARTS) is 1. The molecule has 104 valence electrons. The second-order valence-corrected chi connectivity index (χ2v) is 4.82. The van der Waals surface area contributed by atoms with Gasteiger partial charge in [0.2, 0.25) is 0 Å². The molecule has 2 atom stereocenters. The van der Waals surface area contributed by atoms with Crippen molar-refractivity contribution in [1.82, 2.24) is 5.32 Å². The Morgan fingerprint density at radius 1 is 1.28 bits per heavy atom. The maximum absolute atomic E-state index is 11.4. The zero-order chi connectivity index (χ0) is 14.3. The van der Waals surface area contributed by atoms with E-state index in [9.17, 15) is 9.59 Å². The lowest BCUT2D eigenvalue weighted by Gasteiger charge is -2.21. The van der Waals surface area contributed by atoms with Crippen LogP contribution in [0.25, 0.3) is 0 Å². The van der Waals surface area contributed by atoms with Crippen LogP contribution in [-0.2, 0) is 9.53 Å². The molecule has 0 aliphatic heterocycles. The molecule has 2 N–H and O–H groups in total. The first-order chi connectivity index (χ1) is 8.28. The van der Waals surface area contributed by atoms with E-state index in [2.05, 4.69) is 5.32 Å². The van der Waals surface area contributed by atoms with E-state index < -0.39 is 23.6 Å². The van der Waals surface area contributed by atoms with E-state index in [1.54, 1.807) is 32.9 Å². The summed E-state index contributed by atoms with van der Waals surface area (Å²) in [5.74, 6) is -1.38. The number of alkyl carbamates (subject to hydrolysis) is 1. The predicted molar refractivity (Wildman–Crippen MR) is 69.4 cm³/mol. The average Bonchev–Trinajstić information content (AvgIpc) is 2.66. The van der Waals surface area contributed by atoms with Crippen LogP contribution >= 0.6 is 0 Å². The van der Waals surface area contributed by atoms with Crippen LogP contribution in [0.3, 0.4) is 0 Å². The molecule has 1 unspecified atom stereocenters. The summed E-state index contributed by atoms with van der Waals surface area (Å²) in [6, 6.07) is -0.254. The topological polar surface area (TPSA) is 75.6 Å². The molecule has 0 saturated heterocycles. The highest BCUT2D eigenvalue weighted by molar-refractivity contribution is 5.74. The third-order valence-corrected chi connectivity index (χ3v) is 2.10. The Morgan fingerprint density at radius 2 is 1.83 bits per heavy atom. The van der Waals surface area contributed by atoms with Crippen LogP contribution in [0.1, 0.15) is 41.0 Å². The van der Waals surface area contributed by atoms with Crippen molar-refractivity contribution < 1.29 is 19.4 Å². The van der Waals surface area contributed by atoms with Crippen molar-refractivity contribution in [3.05, 3.63) is 12.2 Å². The van der Waals surface area contributed by atoms with Gasteiger partial charge in [-0.1, -0.05) is 26.0 Å². The van der Waals surface area contributed by atoms with E-state index in [-0.39, 0.29) is 6.04 Å². The monoisotopic (exact) mass is 257 g/mol. The maximum Gasteiger partial charge on any atom is 0.408 e. The van der Waals surface area contributed by atoms with Gasteiger partial charge in [0.1, 0.15) is 5.60 Å². The molecule has 1 aliphatic carbocycles. The number of rotatable bonds is 2. The van der Waals surface area contributed by atoms with Crippen LogP contribution in [0.5, 0.6) is 0 Å². The van der Waals surface area contributed by atoms with E-state index >= 15 is 0 Å². The highest BCUT2D eigenvalue weighted by Crippen LogP contribution is 2.18. The van der Waals surface area contributed by atoms with Crippen LogP contribution in [-0.4, -0.2) is 28.8 Å². The minimum atomic E-state index is -0.871. The Morgan fingerprint density at radius 3 is 2.22 bits per heavy atom. The Balaban J connectivity index is 0.00000137. The van der Waals surface area contributed by atoms with Crippen molar-refractivity contribution in [2.24, 2.45) is 5.92 Å². The molecule has 0 bridgehead atoms. The van der Waals surface area contributed by atoms with Gasteiger partial charge in [0, 0.05) is 0 Å². The summed E-state index contributed by atoms with van der Waals surface area (Å²) in [5.41, 5.74) is -0.543. The lowest BCUT2D eigenvalue weighted by Crippen LogP contribution is -2.38. The maximum atomic E-state index is 11.4. The molecular formula is C13H23NO4. The number of ether oxygens (including phenoxy) is 1.